The Labute approximate surface area is 255 Å². The molecule has 10 nitrogen and oxygen atoms in total. The number of amides is 2. The second-order valence-electron chi connectivity index (χ2n) is 12.2. The van der Waals surface area contributed by atoms with Crippen molar-refractivity contribution in [1.82, 2.24) is 29.7 Å². The van der Waals surface area contributed by atoms with E-state index in [1.807, 2.05) is 42.9 Å². The number of halogens is 1. The van der Waals surface area contributed by atoms with Gasteiger partial charge in [-0.25, -0.2) is 14.6 Å². The van der Waals surface area contributed by atoms with Crippen LogP contribution in [0.25, 0.3) is 11.6 Å². The van der Waals surface area contributed by atoms with Crippen LogP contribution in [0.5, 0.6) is 0 Å². The quantitative estimate of drug-likeness (QED) is 0.406. The lowest BCUT2D eigenvalue weighted by Gasteiger charge is -2.39. The van der Waals surface area contributed by atoms with Crippen molar-refractivity contribution in [1.29, 1.82) is 0 Å². The number of rotatable bonds is 6. The number of hydrogen-bond donors (Lipinski definition) is 1. The summed E-state index contributed by atoms with van der Waals surface area (Å²) < 4.78 is 13.3. The number of benzene rings is 1. The maximum atomic E-state index is 13.3. The maximum absolute atomic E-state index is 13.3. The van der Waals surface area contributed by atoms with Gasteiger partial charge in [0, 0.05) is 44.4 Å². The first-order chi connectivity index (χ1) is 20.8. The molecule has 0 unspecified atom stereocenters. The van der Waals surface area contributed by atoms with Crippen LogP contribution in [0.3, 0.4) is 0 Å². The Bertz CT molecular complexity index is 1590. The average molecular weight is 603 g/mol. The van der Waals surface area contributed by atoms with E-state index >= 15 is 0 Å². The fourth-order valence-corrected chi connectivity index (χ4v) is 6.14. The highest BCUT2D eigenvalue weighted by atomic mass is 35.5. The van der Waals surface area contributed by atoms with Gasteiger partial charge < -0.3 is 24.3 Å². The Balaban J connectivity index is 1.28. The third kappa shape index (κ3) is 5.73. The predicted octanol–water partition coefficient (Wildman–Crippen LogP) is 5.35. The fraction of sp³-hybridized carbons (Fsp3) is 0.438. The largest absolute Gasteiger partial charge is 0.446 e. The van der Waals surface area contributed by atoms with Gasteiger partial charge in [0.1, 0.15) is 11.7 Å². The Hall–Kier alpha value is -3.89. The molecule has 2 saturated carbocycles. The van der Waals surface area contributed by atoms with Crippen molar-refractivity contribution in [2.24, 2.45) is 7.05 Å². The number of nitrogens with zero attached hydrogens (tertiary/aromatic N) is 5. The van der Waals surface area contributed by atoms with Crippen LogP contribution in [0.1, 0.15) is 72.8 Å². The third-order valence-electron chi connectivity index (χ3n) is 8.81. The molecule has 3 heterocycles. The lowest BCUT2D eigenvalue weighted by molar-refractivity contribution is 0.0638. The normalized spacial score (nSPS) is 21.5. The van der Waals surface area contributed by atoms with Crippen LogP contribution < -0.4 is 5.32 Å². The van der Waals surface area contributed by atoms with Gasteiger partial charge in [0.05, 0.1) is 36.0 Å². The molecule has 0 spiro atoms. The minimum absolute atomic E-state index is 0.0787. The Morgan fingerprint density at radius 3 is 2.63 bits per heavy atom. The summed E-state index contributed by atoms with van der Waals surface area (Å²) in [4.78, 5) is 39.3. The van der Waals surface area contributed by atoms with E-state index in [1.165, 1.54) is 0 Å². The zero-order valence-electron chi connectivity index (χ0n) is 24.3. The first-order valence-electron chi connectivity index (χ1n) is 14.9. The zero-order valence-corrected chi connectivity index (χ0v) is 25.1. The average Bonchev–Trinajstić information content (AvgIpc) is 3.92. The Morgan fingerprint density at radius 2 is 1.93 bits per heavy atom. The van der Waals surface area contributed by atoms with Gasteiger partial charge in [0.25, 0.3) is 0 Å². The van der Waals surface area contributed by atoms with E-state index in [-0.39, 0.29) is 18.2 Å². The molecule has 0 bridgehead atoms. The number of pyridine rings is 1. The van der Waals surface area contributed by atoms with Crippen molar-refractivity contribution in [3.63, 3.8) is 0 Å². The summed E-state index contributed by atoms with van der Waals surface area (Å²) in [5, 5.41) is 3.74. The van der Waals surface area contributed by atoms with Crippen LogP contribution in [-0.2, 0) is 16.5 Å². The number of carbonyl (C=O) groups excluding carboxylic acids is 2. The molecule has 1 saturated heterocycles. The van der Waals surface area contributed by atoms with Gasteiger partial charge in [0.2, 0.25) is 0 Å². The van der Waals surface area contributed by atoms with Gasteiger partial charge in [-0.2, -0.15) is 0 Å². The molecule has 2 aromatic heterocycles. The highest BCUT2D eigenvalue weighted by molar-refractivity contribution is 6.30. The number of alkyl carbamates (subject to hydrolysis) is 1. The fourth-order valence-electron chi connectivity index (χ4n) is 5.97. The molecular formula is C32H35ClN6O4. The topological polar surface area (TPSA) is 102 Å². The van der Waals surface area contributed by atoms with Crippen molar-refractivity contribution < 1.29 is 19.1 Å². The molecule has 7 rings (SSSR count). The highest BCUT2D eigenvalue weighted by Gasteiger charge is 2.43. The number of nitrogens with one attached hydrogen (secondary N) is 1. The van der Waals surface area contributed by atoms with Crippen molar-refractivity contribution in [3.05, 3.63) is 82.2 Å². The molecule has 2 atom stereocenters. The number of ether oxygens (including phenoxy) is 2. The van der Waals surface area contributed by atoms with E-state index in [9.17, 15) is 9.59 Å². The van der Waals surface area contributed by atoms with Gasteiger partial charge >= 0.3 is 12.2 Å². The SMILES string of the molecule is Cn1cncc1[C@H](NC(=O)OC1(C)CC1)C1=Cc2cccnc2[C@@H](N2CCN(C(=O)OC3CC3)CC2)c2ccc(Cl)cc21. The molecule has 1 N–H and O–H groups in total. The van der Waals surface area contributed by atoms with E-state index in [0.29, 0.717) is 31.2 Å². The second-order valence-corrected chi connectivity index (χ2v) is 12.6. The number of carbonyl (C=O) groups is 2. The lowest BCUT2D eigenvalue weighted by atomic mass is 9.90. The van der Waals surface area contributed by atoms with E-state index in [4.69, 9.17) is 26.1 Å². The van der Waals surface area contributed by atoms with E-state index in [0.717, 1.165) is 59.3 Å². The number of fused-ring (bicyclic) bond motifs is 2. The molecule has 1 aliphatic heterocycles. The minimum atomic E-state index is -0.569. The summed E-state index contributed by atoms with van der Waals surface area (Å²) in [6.07, 6.45) is 10.4. The Morgan fingerprint density at radius 1 is 1.14 bits per heavy atom. The van der Waals surface area contributed by atoms with Crippen LogP contribution >= 0.6 is 11.6 Å². The summed E-state index contributed by atoms with van der Waals surface area (Å²) in [5.41, 5.74) is 5.04. The first kappa shape index (κ1) is 27.9. The van der Waals surface area contributed by atoms with E-state index in [2.05, 4.69) is 33.4 Å². The van der Waals surface area contributed by atoms with Gasteiger partial charge in [-0.15, -0.1) is 0 Å². The van der Waals surface area contributed by atoms with Gasteiger partial charge in [-0.1, -0.05) is 23.7 Å². The summed E-state index contributed by atoms with van der Waals surface area (Å²) >= 11 is 6.66. The van der Waals surface area contributed by atoms with E-state index in [1.54, 1.807) is 17.4 Å². The molecule has 4 aliphatic rings. The Kier molecular flexibility index (Phi) is 7.13. The molecule has 43 heavy (non-hydrogen) atoms. The predicted molar refractivity (Wildman–Crippen MR) is 161 cm³/mol. The van der Waals surface area contributed by atoms with E-state index < -0.39 is 17.7 Å². The maximum Gasteiger partial charge on any atom is 0.410 e. The molecular weight excluding hydrogens is 568 g/mol. The molecule has 3 aromatic rings. The lowest BCUT2D eigenvalue weighted by Crippen LogP contribution is -2.50. The van der Waals surface area contributed by atoms with Crippen LogP contribution in [0.2, 0.25) is 5.02 Å². The molecule has 224 valence electrons. The molecule has 1 aromatic carbocycles. The number of imidazole rings is 1. The summed E-state index contributed by atoms with van der Waals surface area (Å²) in [6.45, 7) is 4.40. The first-order valence-corrected chi connectivity index (χ1v) is 15.3. The molecule has 11 heteroatoms. The van der Waals surface area contributed by atoms with Crippen LogP contribution in [0.15, 0.2) is 49.1 Å². The second kappa shape index (κ2) is 11.0. The molecule has 2 amide bonds. The minimum Gasteiger partial charge on any atom is -0.446 e. The number of hydrogen-bond acceptors (Lipinski definition) is 7. The molecule has 3 fully saturated rings. The number of piperazine rings is 1. The summed E-state index contributed by atoms with van der Waals surface area (Å²) in [5.74, 6) is 0. The number of aromatic nitrogens is 3. The highest BCUT2D eigenvalue weighted by Crippen LogP contribution is 2.45. The van der Waals surface area contributed by atoms with Crippen molar-refractivity contribution in [2.75, 3.05) is 26.2 Å². The smallest absolute Gasteiger partial charge is 0.410 e. The number of aryl methyl sites for hydroxylation is 1. The van der Waals surface area contributed by atoms with Crippen LogP contribution in [0, 0.1) is 0 Å². The zero-order chi connectivity index (χ0) is 29.7. The van der Waals surface area contributed by atoms with Crippen molar-refractivity contribution in [2.45, 2.75) is 56.4 Å². The molecule has 3 aliphatic carbocycles. The van der Waals surface area contributed by atoms with Gasteiger partial charge in [-0.3, -0.25) is 9.88 Å². The van der Waals surface area contributed by atoms with Gasteiger partial charge in [0.15, 0.2) is 0 Å². The standard InChI is InChI=1S/C32H35ClN6O4/c1-32(9-10-32)43-30(40)36-28(26-18-34-19-37(26)2)25-16-20-4-3-11-35-27(20)29(23-8-5-21(33)17-24(23)25)38-12-14-39(15-13-38)31(41)42-22-6-7-22/h3-5,8,11,16-19,22,28-29H,6-7,9-10,12-15H2,1-2H3,(H,36,40)/t28-,29+/m1/s1. The van der Waals surface area contributed by atoms with Crippen LogP contribution in [0.4, 0.5) is 9.59 Å². The van der Waals surface area contributed by atoms with Crippen molar-refractivity contribution >= 4 is 35.4 Å². The summed E-state index contributed by atoms with van der Waals surface area (Å²) in [6, 6.07) is 9.13. The third-order valence-corrected chi connectivity index (χ3v) is 9.04. The van der Waals surface area contributed by atoms with Gasteiger partial charge in [-0.05, 0) is 79.1 Å². The van der Waals surface area contributed by atoms with Crippen LogP contribution in [-0.4, -0.2) is 74.4 Å². The van der Waals surface area contributed by atoms with Crippen molar-refractivity contribution in [3.8, 4) is 0 Å². The monoisotopic (exact) mass is 602 g/mol. The summed E-state index contributed by atoms with van der Waals surface area (Å²) in [7, 11) is 1.91. The molecule has 0 radical (unpaired) electrons.